The van der Waals surface area contributed by atoms with E-state index in [1.54, 1.807) is 19.2 Å². The van der Waals surface area contributed by atoms with Crippen LogP contribution >= 0.6 is 0 Å². The molecule has 2 rings (SSSR count). The molecule has 0 aromatic heterocycles. The second-order valence-electron chi connectivity index (χ2n) is 5.05. The van der Waals surface area contributed by atoms with E-state index in [-0.39, 0.29) is 10.6 Å². The van der Waals surface area contributed by atoms with Crippen LogP contribution in [0.4, 0.5) is 11.4 Å². The van der Waals surface area contributed by atoms with Crippen molar-refractivity contribution in [3.63, 3.8) is 0 Å². The summed E-state index contributed by atoms with van der Waals surface area (Å²) in [5.74, 6) is 0. The second kappa shape index (κ2) is 6.52. The third-order valence-electron chi connectivity index (χ3n) is 3.63. The van der Waals surface area contributed by atoms with Crippen LogP contribution in [0, 0.1) is 10.1 Å². The highest BCUT2D eigenvalue weighted by Crippen LogP contribution is 2.26. The Morgan fingerprint density at radius 1 is 1.26 bits per heavy atom. The number of nitro groups is 1. The monoisotopic (exact) mass is 263 g/mol. The maximum Gasteiger partial charge on any atom is 0.292 e. The van der Waals surface area contributed by atoms with Crippen molar-refractivity contribution >= 4 is 11.4 Å². The van der Waals surface area contributed by atoms with Crippen LogP contribution in [0.15, 0.2) is 18.2 Å². The molecule has 5 nitrogen and oxygen atoms in total. The number of benzene rings is 1. The first kappa shape index (κ1) is 13.8. The predicted molar refractivity (Wildman–Crippen MR) is 76.4 cm³/mol. The van der Waals surface area contributed by atoms with Crippen LogP contribution in [0.25, 0.3) is 0 Å². The van der Waals surface area contributed by atoms with Gasteiger partial charge in [-0.3, -0.25) is 15.0 Å². The molecule has 1 aromatic rings. The SMILES string of the molecule is CNc1ccc(CN2CCCCCC2)cc1[N+](=O)[O-]. The Morgan fingerprint density at radius 2 is 1.95 bits per heavy atom. The highest BCUT2D eigenvalue weighted by molar-refractivity contribution is 5.62. The number of nitro benzene ring substituents is 1. The average Bonchev–Trinajstić information content (AvgIpc) is 2.67. The zero-order valence-corrected chi connectivity index (χ0v) is 11.4. The largest absolute Gasteiger partial charge is 0.383 e. The molecule has 0 radical (unpaired) electrons. The molecule has 0 atom stereocenters. The van der Waals surface area contributed by atoms with Crippen LogP contribution in [-0.4, -0.2) is 30.0 Å². The van der Waals surface area contributed by atoms with Gasteiger partial charge in [-0.05, 0) is 37.6 Å². The minimum atomic E-state index is -0.322. The van der Waals surface area contributed by atoms with Crippen LogP contribution in [0.3, 0.4) is 0 Å². The number of nitrogens with one attached hydrogen (secondary N) is 1. The van der Waals surface area contributed by atoms with Crippen molar-refractivity contribution in [2.75, 3.05) is 25.5 Å². The van der Waals surface area contributed by atoms with E-state index >= 15 is 0 Å². The summed E-state index contributed by atoms with van der Waals surface area (Å²) < 4.78 is 0. The van der Waals surface area contributed by atoms with Crippen LogP contribution in [0.5, 0.6) is 0 Å². The zero-order valence-electron chi connectivity index (χ0n) is 11.4. The molecule has 1 fully saturated rings. The molecule has 0 amide bonds. The molecule has 0 aliphatic carbocycles. The van der Waals surface area contributed by atoms with Crippen LogP contribution in [0.2, 0.25) is 0 Å². The van der Waals surface area contributed by atoms with Crippen molar-refractivity contribution in [2.45, 2.75) is 32.2 Å². The molecular weight excluding hydrogens is 242 g/mol. The van der Waals surface area contributed by atoms with Crippen LogP contribution in [-0.2, 0) is 6.54 Å². The first-order chi connectivity index (χ1) is 9.20. The van der Waals surface area contributed by atoms with Crippen molar-refractivity contribution < 1.29 is 4.92 Å². The standard InChI is InChI=1S/C14H21N3O2/c1-15-13-7-6-12(10-14(13)17(18)19)11-16-8-4-2-3-5-9-16/h6-7,10,15H,2-5,8-9,11H2,1H3. The molecule has 1 saturated heterocycles. The Kier molecular flexibility index (Phi) is 4.74. The Labute approximate surface area is 113 Å². The van der Waals surface area contributed by atoms with E-state index < -0.39 is 0 Å². The normalized spacial score (nSPS) is 16.9. The minimum absolute atomic E-state index is 0.162. The maximum atomic E-state index is 11.0. The highest BCUT2D eigenvalue weighted by atomic mass is 16.6. The molecule has 0 bridgehead atoms. The van der Waals surface area contributed by atoms with Crippen molar-refractivity contribution in [1.29, 1.82) is 0 Å². The van der Waals surface area contributed by atoms with Gasteiger partial charge in [-0.25, -0.2) is 0 Å². The Hall–Kier alpha value is -1.62. The summed E-state index contributed by atoms with van der Waals surface area (Å²) in [6, 6.07) is 5.46. The van der Waals surface area contributed by atoms with E-state index in [2.05, 4.69) is 10.2 Å². The van der Waals surface area contributed by atoms with E-state index in [1.807, 2.05) is 6.07 Å². The van der Waals surface area contributed by atoms with Gasteiger partial charge in [-0.1, -0.05) is 18.9 Å². The molecule has 0 spiro atoms. The summed E-state index contributed by atoms with van der Waals surface area (Å²) in [5.41, 5.74) is 1.76. The Bertz CT molecular complexity index is 440. The molecular formula is C14H21N3O2. The van der Waals surface area contributed by atoms with Gasteiger partial charge in [0.15, 0.2) is 0 Å². The van der Waals surface area contributed by atoms with Gasteiger partial charge in [0.1, 0.15) is 5.69 Å². The van der Waals surface area contributed by atoms with Crippen molar-refractivity contribution in [2.24, 2.45) is 0 Å². The highest BCUT2D eigenvalue weighted by Gasteiger charge is 2.15. The first-order valence-corrected chi connectivity index (χ1v) is 6.88. The lowest BCUT2D eigenvalue weighted by Gasteiger charge is -2.19. The third kappa shape index (κ3) is 3.67. The van der Waals surface area contributed by atoms with Gasteiger partial charge >= 0.3 is 0 Å². The van der Waals surface area contributed by atoms with Crippen LogP contribution < -0.4 is 5.32 Å². The zero-order chi connectivity index (χ0) is 13.7. The van der Waals surface area contributed by atoms with Crippen LogP contribution in [0.1, 0.15) is 31.2 Å². The number of hydrogen-bond acceptors (Lipinski definition) is 4. The predicted octanol–water partition coefficient (Wildman–Crippen LogP) is 3.01. The van der Waals surface area contributed by atoms with Crippen molar-refractivity contribution in [3.05, 3.63) is 33.9 Å². The molecule has 1 aliphatic heterocycles. The van der Waals surface area contributed by atoms with E-state index in [9.17, 15) is 10.1 Å². The lowest BCUT2D eigenvalue weighted by atomic mass is 10.1. The quantitative estimate of drug-likeness (QED) is 0.670. The summed E-state index contributed by atoms with van der Waals surface area (Å²) in [6.07, 6.45) is 5.07. The minimum Gasteiger partial charge on any atom is -0.383 e. The van der Waals surface area contributed by atoms with E-state index in [4.69, 9.17) is 0 Å². The van der Waals surface area contributed by atoms with Crippen molar-refractivity contribution in [3.8, 4) is 0 Å². The van der Waals surface area contributed by atoms with Gasteiger partial charge in [-0.15, -0.1) is 0 Å². The van der Waals surface area contributed by atoms with Gasteiger partial charge < -0.3 is 5.32 Å². The number of hydrogen-bond donors (Lipinski definition) is 1. The molecule has 19 heavy (non-hydrogen) atoms. The van der Waals surface area contributed by atoms with Gasteiger partial charge in [0.05, 0.1) is 4.92 Å². The van der Waals surface area contributed by atoms with E-state index in [0.717, 1.165) is 25.2 Å². The maximum absolute atomic E-state index is 11.0. The number of likely N-dealkylation sites (tertiary alicyclic amines) is 1. The summed E-state index contributed by atoms with van der Waals surface area (Å²) in [7, 11) is 1.71. The lowest BCUT2D eigenvalue weighted by molar-refractivity contribution is -0.384. The summed E-state index contributed by atoms with van der Waals surface area (Å²) >= 11 is 0. The molecule has 1 N–H and O–H groups in total. The fraction of sp³-hybridized carbons (Fsp3) is 0.571. The summed E-state index contributed by atoms with van der Waals surface area (Å²) in [6.45, 7) is 3.01. The first-order valence-electron chi connectivity index (χ1n) is 6.88. The summed E-state index contributed by atoms with van der Waals surface area (Å²) in [4.78, 5) is 13.1. The fourth-order valence-electron chi connectivity index (χ4n) is 2.59. The molecule has 1 aliphatic rings. The fourth-order valence-corrected chi connectivity index (χ4v) is 2.59. The van der Waals surface area contributed by atoms with E-state index in [0.29, 0.717) is 5.69 Å². The second-order valence-corrected chi connectivity index (χ2v) is 5.05. The van der Waals surface area contributed by atoms with Crippen molar-refractivity contribution in [1.82, 2.24) is 4.90 Å². The average molecular weight is 263 g/mol. The third-order valence-corrected chi connectivity index (χ3v) is 3.63. The van der Waals surface area contributed by atoms with Gasteiger partial charge in [0, 0.05) is 19.7 Å². The number of anilines is 1. The topological polar surface area (TPSA) is 58.4 Å². The van der Waals surface area contributed by atoms with Gasteiger partial charge in [0.2, 0.25) is 0 Å². The van der Waals surface area contributed by atoms with Gasteiger partial charge in [-0.2, -0.15) is 0 Å². The smallest absolute Gasteiger partial charge is 0.292 e. The lowest BCUT2D eigenvalue weighted by Crippen LogP contribution is -2.24. The molecule has 0 unspecified atom stereocenters. The van der Waals surface area contributed by atoms with E-state index in [1.165, 1.54) is 25.7 Å². The summed E-state index contributed by atoms with van der Waals surface area (Å²) in [5, 5.41) is 13.9. The van der Waals surface area contributed by atoms with Gasteiger partial charge in [0.25, 0.3) is 5.69 Å². The molecule has 5 heteroatoms. The Balaban J connectivity index is 2.11. The molecule has 1 heterocycles. The molecule has 1 aromatic carbocycles. The Morgan fingerprint density at radius 3 is 2.53 bits per heavy atom. The number of nitrogens with zero attached hydrogens (tertiary/aromatic N) is 2. The molecule has 0 saturated carbocycles. The number of rotatable bonds is 4. The molecule has 104 valence electrons.